The maximum atomic E-state index is 12.2. The Morgan fingerprint density at radius 3 is 2.80 bits per heavy atom. The van der Waals surface area contributed by atoms with Gasteiger partial charge in [0.25, 0.3) is 11.6 Å². The number of benzene rings is 1. The fraction of sp³-hybridized carbons (Fsp3) is 0.154. The monoisotopic (exact) mass is 354 g/mol. The van der Waals surface area contributed by atoms with E-state index in [-0.39, 0.29) is 27.7 Å². The van der Waals surface area contributed by atoms with E-state index in [9.17, 15) is 14.9 Å². The SMILES string of the molecule is CC(NC(=O)c1cccc([N+](=O)[O-])c1Br)c1ccsc1. The molecule has 1 heterocycles. The Bertz CT molecular complexity index is 643. The summed E-state index contributed by atoms with van der Waals surface area (Å²) < 4.78 is 0.194. The van der Waals surface area contributed by atoms with E-state index < -0.39 is 4.92 Å². The smallest absolute Gasteiger partial charge is 0.284 e. The summed E-state index contributed by atoms with van der Waals surface area (Å²) in [6, 6.07) is 6.17. The Kier molecular flexibility index (Phi) is 4.51. The third kappa shape index (κ3) is 3.05. The lowest BCUT2D eigenvalue weighted by Crippen LogP contribution is -2.26. The Balaban J connectivity index is 2.22. The van der Waals surface area contributed by atoms with Crippen molar-refractivity contribution >= 4 is 38.9 Å². The minimum Gasteiger partial charge on any atom is -0.345 e. The van der Waals surface area contributed by atoms with Crippen LogP contribution in [0.3, 0.4) is 0 Å². The van der Waals surface area contributed by atoms with E-state index in [1.165, 1.54) is 12.1 Å². The number of nitro groups is 1. The van der Waals surface area contributed by atoms with Gasteiger partial charge in [-0.1, -0.05) is 6.07 Å². The number of nitrogens with zero attached hydrogens (tertiary/aromatic N) is 1. The molecule has 0 saturated carbocycles. The molecule has 0 aliphatic rings. The third-order valence-electron chi connectivity index (χ3n) is 2.81. The molecule has 1 N–H and O–H groups in total. The molecule has 1 unspecified atom stereocenters. The second kappa shape index (κ2) is 6.15. The van der Waals surface area contributed by atoms with E-state index in [1.807, 2.05) is 23.8 Å². The Morgan fingerprint density at radius 1 is 1.45 bits per heavy atom. The number of hydrogen-bond acceptors (Lipinski definition) is 4. The normalized spacial score (nSPS) is 11.9. The van der Waals surface area contributed by atoms with Crippen molar-refractivity contribution in [2.24, 2.45) is 0 Å². The van der Waals surface area contributed by atoms with Crippen LogP contribution in [0.5, 0.6) is 0 Å². The van der Waals surface area contributed by atoms with Gasteiger partial charge in [0, 0.05) is 6.07 Å². The molecule has 0 spiro atoms. The number of carbonyl (C=O) groups is 1. The lowest BCUT2D eigenvalue weighted by Gasteiger charge is -2.13. The van der Waals surface area contributed by atoms with E-state index in [0.717, 1.165) is 5.56 Å². The average Bonchev–Trinajstić information content (AvgIpc) is 2.92. The summed E-state index contributed by atoms with van der Waals surface area (Å²) in [6.45, 7) is 1.87. The summed E-state index contributed by atoms with van der Waals surface area (Å²) in [6.07, 6.45) is 0. The van der Waals surface area contributed by atoms with Crippen molar-refractivity contribution < 1.29 is 9.72 Å². The molecule has 0 aliphatic carbocycles. The van der Waals surface area contributed by atoms with Gasteiger partial charge >= 0.3 is 0 Å². The van der Waals surface area contributed by atoms with Crippen LogP contribution in [0.2, 0.25) is 0 Å². The largest absolute Gasteiger partial charge is 0.345 e. The van der Waals surface area contributed by atoms with Gasteiger partial charge in [-0.25, -0.2) is 0 Å². The first-order valence-electron chi connectivity index (χ1n) is 5.76. The van der Waals surface area contributed by atoms with E-state index in [1.54, 1.807) is 17.4 Å². The Morgan fingerprint density at radius 2 is 2.20 bits per heavy atom. The van der Waals surface area contributed by atoms with Gasteiger partial charge < -0.3 is 5.32 Å². The lowest BCUT2D eigenvalue weighted by atomic mass is 10.1. The molecule has 2 aromatic rings. The number of hydrogen-bond donors (Lipinski definition) is 1. The van der Waals surface area contributed by atoms with Crippen molar-refractivity contribution in [1.29, 1.82) is 0 Å². The Labute approximate surface area is 127 Å². The molecule has 1 amide bonds. The summed E-state index contributed by atoms with van der Waals surface area (Å²) in [4.78, 5) is 22.5. The predicted molar refractivity (Wildman–Crippen MR) is 81.0 cm³/mol. The summed E-state index contributed by atoms with van der Waals surface area (Å²) >= 11 is 4.67. The summed E-state index contributed by atoms with van der Waals surface area (Å²) in [5.41, 5.74) is 1.13. The zero-order chi connectivity index (χ0) is 14.7. The van der Waals surface area contributed by atoms with Gasteiger partial charge in [-0.15, -0.1) is 0 Å². The van der Waals surface area contributed by atoms with E-state index >= 15 is 0 Å². The predicted octanol–water partition coefficient (Wildman–Crippen LogP) is 3.91. The van der Waals surface area contributed by atoms with E-state index in [2.05, 4.69) is 21.2 Å². The van der Waals surface area contributed by atoms with Gasteiger partial charge in [-0.05, 0) is 51.3 Å². The highest BCUT2D eigenvalue weighted by Gasteiger charge is 2.20. The highest BCUT2D eigenvalue weighted by atomic mass is 79.9. The molecular weight excluding hydrogens is 344 g/mol. The third-order valence-corrected chi connectivity index (χ3v) is 4.35. The van der Waals surface area contributed by atoms with Gasteiger partial charge in [0.2, 0.25) is 0 Å². The fourth-order valence-corrected chi connectivity index (χ4v) is 3.06. The number of rotatable bonds is 4. The van der Waals surface area contributed by atoms with Gasteiger partial charge in [0.05, 0.1) is 16.5 Å². The molecule has 0 fully saturated rings. The second-order valence-corrected chi connectivity index (χ2v) is 5.72. The highest BCUT2D eigenvalue weighted by molar-refractivity contribution is 9.10. The molecule has 2 rings (SSSR count). The molecule has 0 aliphatic heterocycles. The van der Waals surface area contributed by atoms with Gasteiger partial charge in [-0.2, -0.15) is 11.3 Å². The van der Waals surface area contributed by atoms with Gasteiger partial charge in [0.15, 0.2) is 0 Å². The molecule has 0 saturated heterocycles. The van der Waals surface area contributed by atoms with E-state index in [0.29, 0.717) is 0 Å². The summed E-state index contributed by atoms with van der Waals surface area (Å²) in [5, 5.41) is 17.6. The number of halogens is 1. The molecule has 104 valence electrons. The molecule has 0 radical (unpaired) electrons. The summed E-state index contributed by atoms with van der Waals surface area (Å²) in [7, 11) is 0. The van der Waals surface area contributed by atoms with Crippen molar-refractivity contribution in [1.82, 2.24) is 5.32 Å². The van der Waals surface area contributed by atoms with Crippen molar-refractivity contribution in [3.05, 3.63) is 60.7 Å². The number of nitro benzene ring substituents is 1. The van der Waals surface area contributed by atoms with Crippen LogP contribution in [0.15, 0.2) is 39.5 Å². The van der Waals surface area contributed by atoms with Crippen LogP contribution in [0.1, 0.15) is 28.9 Å². The second-order valence-electron chi connectivity index (χ2n) is 4.15. The maximum absolute atomic E-state index is 12.2. The average molecular weight is 355 g/mol. The van der Waals surface area contributed by atoms with Crippen LogP contribution < -0.4 is 5.32 Å². The minimum atomic E-state index is -0.525. The van der Waals surface area contributed by atoms with Crippen molar-refractivity contribution in [2.45, 2.75) is 13.0 Å². The van der Waals surface area contributed by atoms with Crippen LogP contribution in [0, 0.1) is 10.1 Å². The van der Waals surface area contributed by atoms with Crippen LogP contribution in [-0.4, -0.2) is 10.8 Å². The standard InChI is InChI=1S/C13H11BrN2O3S/c1-8(9-5-6-20-7-9)15-13(17)10-3-2-4-11(12(10)14)16(18)19/h2-8H,1H3,(H,15,17). The summed E-state index contributed by atoms with van der Waals surface area (Å²) in [5.74, 6) is -0.348. The molecule has 0 bridgehead atoms. The number of amides is 1. The molecule has 7 heteroatoms. The van der Waals surface area contributed by atoms with Crippen molar-refractivity contribution in [3.63, 3.8) is 0 Å². The highest BCUT2D eigenvalue weighted by Crippen LogP contribution is 2.28. The molecule has 1 atom stereocenters. The molecule has 20 heavy (non-hydrogen) atoms. The van der Waals surface area contributed by atoms with Crippen molar-refractivity contribution in [2.75, 3.05) is 0 Å². The number of thiophene rings is 1. The van der Waals surface area contributed by atoms with Crippen molar-refractivity contribution in [3.8, 4) is 0 Å². The molecule has 5 nitrogen and oxygen atoms in total. The molecule has 1 aromatic heterocycles. The van der Waals surface area contributed by atoms with E-state index in [4.69, 9.17) is 0 Å². The first-order chi connectivity index (χ1) is 9.50. The molecule has 1 aromatic carbocycles. The number of carbonyl (C=O) groups excluding carboxylic acids is 1. The lowest BCUT2D eigenvalue weighted by molar-refractivity contribution is -0.385. The first kappa shape index (κ1) is 14.7. The zero-order valence-corrected chi connectivity index (χ0v) is 12.9. The van der Waals surface area contributed by atoms with Gasteiger partial charge in [-0.3, -0.25) is 14.9 Å². The number of nitrogens with one attached hydrogen (secondary N) is 1. The quantitative estimate of drug-likeness (QED) is 0.668. The van der Waals surface area contributed by atoms with Crippen LogP contribution in [-0.2, 0) is 0 Å². The zero-order valence-electron chi connectivity index (χ0n) is 10.5. The van der Waals surface area contributed by atoms with Crippen LogP contribution in [0.25, 0.3) is 0 Å². The van der Waals surface area contributed by atoms with Crippen LogP contribution in [0.4, 0.5) is 5.69 Å². The molecular formula is C13H11BrN2O3S. The Hall–Kier alpha value is -1.73. The topological polar surface area (TPSA) is 72.2 Å². The minimum absolute atomic E-state index is 0.124. The van der Waals surface area contributed by atoms with Crippen LogP contribution >= 0.6 is 27.3 Å². The fourth-order valence-electron chi connectivity index (χ4n) is 1.72. The van der Waals surface area contributed by atoms with Gasteiger partial charge in [0.1, 0.15) is 4.47 Å². The first-order valence-corrected chi connectivity index (χ1v) is 7.50. The maximum Gasteiger partial charge on any atom is 0.284 e.